The molecule has 5 nitrogen and oxygen atoms in total. The van der Waals surface area contributed by atoms with Crippen LogP contribution in [-0.2, 0) is 6.42 Å². The summed E-state index contributed by atoms with van der Waals surface area (Å²) in [7, 11) is 0. The van der Waals surface area contributed by atoms with Crippen LogP contribution in [0.2, 0.25) is 0 Å². The fourth-order valence-corrected chi connectivity index (χ4v) is 2.33. The van der Waals surface area contributed by atoms with Crippen LogP contribution in [0.15, 0.2) is 41.9 Å². The van der Waals surface area contributed by atoms with Crippen LogP contribution in [0.3, 0.4) is 0 Å². The van der Waals surface area contributed by atoms with Crippen molar-refractivity contribution in [2.45, 2.75) is 25.7 Å². The van der Waals surface area contributed by atoms with Crippen molar-refractivity contribution in [2.24, 2.45) is 11.1 Å². The third-order valence-electron chi connectivity index (χ3n) is 3.64. The highest BCUT2D eigenvalue weighted by atomic mass is 16.5. The molecular weight excluding hydrogens is 266 g/mol. The minimum Gasteiger partial charge on any atom is -0.494 e. The Bertz CT molecular complexity index is 586. The van der Waals surface area contributed by atoms with E-state index in [4.69, 9.17) is 9.94 Å². The third kappa shape index (κ3) is 3.62. The summed E-state index contributed by atoms with van der Waals surface area (Å²) >= 11 is 0. The van der Waals surface area contributed by atoms with Crippen molar-refractivity contribution >= 4 is 5.71 Å². The quantitative estimate of drug-likeness (QED) is 0.355. The first kappa shape index (κ1) is 13.7. The van der Waals surface area contributed by atoms with Gasteiger partial charge in [0.2, 0.25) is 0 Å². The van der Waals surface area contributed by atoms with E-state index < -0.39 is 0 Å². The Labute approximate surface area is 123 Å². The molecule has 2 N–H and O–H groups in total. The molecule has 5 heteroatoms. The SMILES string of the molecule is O/N=C(/c1ccc(OCCCc2cnc[nH]2)cc1)C1CC1. The second kappa shape index (κ2) is 6.43. The van der Waals surface area contributed by atoms with E-state index in [1.807, 2.05) is 30.5 Å². The highest BCUT2D eigenvalue weighted by Gasteiger charge is 2.29. The highest BCUT2D eigenvalue weighted by Crippen LogP contribution is 2.33. The Morgan fingerprint density at radius 2 is 2.14 bits per heavy atom. The maximum Gasteiger partial charge on any atom is 0.119 e. The summed E-state index contributed by atoms with van der Waals surface area (Å²) in [6.45, 7) is 0.669. The number of oxime groups is 1. The lowest BCUT2D eigenvalue weighted by Crippen LogP contribution is -2.04. The molecular formula is C16H19N3O2. The Kier molecular flexibility index (Phi) is 4.19. The van der Waals surface area contributed by atoms with Gasteiger partial charge < -0.3 is 14.9 Å². The average Bonchev–Trinajstić information content (AvgIpc) is 3.21. The number of ether oxygens (including phenoxy) is 1. The molecule has 0 bridgehead atoms. The van der Waals surface area contributed by atoms with Crippen molar-refractivity contribution in [3.05, 3.63) is 48.0 Å². The third-order valence-corrected chi connectivity index (χ3v) is 3.64. The molecule has 110 valence electrons. The smallest absolute Gasteiger partial charge is 0.119 e. The monoisotopic (exact) mass is 285 g/mol. The number of aromatic nitrogens is 2. The predicted octanol–water partition coefficient (Wildman–Crippen LogP) is 3.01. The normalized spacial score (nSPS) is 15.1. The molecule has 0 aliphatic heterocycles. The van der Waals surface area contributed by atoms with Gasteiger partial charge in [0.05, 0.1) is 18.6 Å². The molecule has 0 atom stereocenters. The standard InChI is InChI=1S/C16H19N3O2/c20-19-16(12-3-4-12)13-5-7-15(8-6-13)21-9-1-2-14-10-17-11-18-14/h5-8,10-12,20H,1-4,9H2,(H,17,18)/b19-16+. The Hall–Kier alpha value is -2.30. The Morgan fingerprint density at radius 3 is 2.76 bits per heavy atom. The second-order valence-corrected chi connectivity index (χ2v) is 5.31. The number of nitrogens with one attached hydrogen (secondary N) is 1. The van der Waals surface area contributed by atoms with Crippen LogP contribution in [-0.4, -0.2) is 27.5 Å². The molecule has 0 unspecified atom stereocenters. The topological polar surface area (TPSA) is 70.5 Å². The minimum absolute atomic E-state index is 0.427. The lowest BCUT2D eigenvalue weighted by molar-refractivity contribution is 0.310. The summed E-state index contributed by atoms with van der Waals surface area (Å²) in [6, 6.07) is 7.77. The van der Waals surface area contributed by atoms with Gasteiger partial charge >= 0.3 is 0 Å². The van der Waals surface area contributed by atoms with Crippen molar-refractivity contribution in [2.75, 3.05) is 6.61 Å². The van der Waals surface area contributed by atoms with Crippen LogP contribution in [0.4, 0.5) is 0 Å². The van der Waals surface area contributed by atoms with Gasteiger partial charge in [-0.1, -0.05) is 5.16 Å². The maximum atomic E-state index is 9.07. The van der Waals surface area contributed by atoms with Gasteiger partial charge in [-0.25, -0.2) is 4.98 Å². The van der Waals surface area contributed by atoms with E-state index in [0.717, 1.165) is 48.4 Å². The molecule has 1 heterocycles. The van der Waals surface area contributed by atoms with Gasteiger partial charge in [-0.2, -0.15) is 0 Å². The lowest BCUT2D eigenvalue weighted by Gasteiger charge is -2.07. The molecule has 3 rings (SSSR count). The molecule has 1 saturated carbocycles. The Balaban J connectivity index is 1.48. The number of aryl methyl sites for hydroxylation is 1. The van der Waals surface area contributed by atoms with Crippen molar-refractivity contribution in [3.63, 3.8) is 0 Å². The van der Waals surface area contributed by atoms with E-state index >= 15 is 0 Å². The van der Waals surface area contributed by atoms with Crippen molar-refractivity contribution < 1.29 is 9.94 Å². The van der Waals surface area contributed by atoms with E-state index in [2.05, 4.69) is 15.1 Å². The first-order chi connectivity index (χ1) is 10.4. The molecule has 1 aliphatic rings. The summed E-state index contributed by atoms with van der Waals surface area (Å²) < 4.78 is 5.71. The fourth-order valence-electron chi connectivity index (χ4n) is 2.33. The summed E-state index contributed by atoms with van der Waals surface area (Å²) in [5, 5.41) is 12.5. The maximum absolute atomic E-state index is 9.07. The number of aromatic amines is 1. The largest absolute Gasteiger partial charge is 0.494 e. The first-order valence-electron chi connectivity index (χ1n) is 7.29. The Morgan fingerprint density at radius 1 is 1.33 bits per heavy atom. The zero-order valence-electron chi connectivity index (χ0n) is 11.8. The number of hydrogen-bond donors (Lipinski definition) is 2. The summed E-state index contributed by atoms with van der Waals surface area (Å²) in [6.07, 6.45) is 7.63. The van der Waals surface area contributed by atoms with E-state index in [0.29, 0.717) is 12.5 Å². The van der Waals surface area contributed by atoms with Gasteiger partial charge in [0, 0.05) is 17.8 Å². The zero-order chi connectivity index (χ0) is 14.5. The number of H-pyrrole nitrogens is 1. The van der Waals surface area contributed by atoms with Crippen LogP contribution in [0.25, 0.3) is 0 Å². The van der Waals surface area contributed by atoms with Gasteiger partial charge in [-0.15, -0.1) is 0 Å². The lowest BCUT2D eigenvalue weighted by atomic mass is 10.1. The first-order valence-corrected chi connectivity index (χ1v) is 7.29. The van der Waals surface area contributed by atoms with E-state index in [-0.39, 0.29) is 0 Å². The molecule has 0 spiro atoms. The molecule has 21 heavy (non-hydrogen) atoms. The number of benzene rings is 1. The molecule has 1 aromatic carbocycles. The number of nitrogens with zero attached hydrogens (tertiary/aromatic N) is 2. The van der Waals surface area contributed by atoms with Crippen LogP contribution < -0.4 is 4.74 Å². The van der Waals surface area contributed by atoms with E-state index in [1.54, 1.807) is 6.33 Å². The molecule has 0 saturated heterocycles. The molecule has 1 aromatic heterocycles. The minimum atomic E-state index is 0.427. The van der Waals surface area contributed by atoms with E-state index in [1.165, 1.54) is 0 Å². The van der Waals surface area contributed by atoms with Gasteiger partial charge in [-0.3, -0.25) is 0 Å². The van der Waals surface area contributed by atoms with Crippen LogP contribution in [0.1, 0.15) is 30.5 Å². The van der Waals surface area contributed by atoms with Crippen LogP contribution in [0.5, 0.6) is 5.75 Å². The molecule has 2 aromatic rings. The molecule has 0 amide bonds. The van der Waals surface area contributed by atoms with E-state index in [9.17, 15) is 0 Å². The second-order valence-electron chi connectivity index (χ2n) is 5.31. The van der Waals surface area contributed by atoms with Crippen molar-refractivity contribution in [3.8, 4) is 5.75 Å². The van der Waals surface area contributed by atoms with Crippen LogP contribution in [0, 0.1) is 5.92 Å². The number of rotatable bonds is 7. The van der Waals surface area contributed by atoms with Gasteiger partial charge in [-0.05, 0) is 55.5 Å². The fraction of sp³-hybridized carbons (Fsp3) is 0.375. The number of hydrogen-bond acceptors (Lipinski definition) is 4. The molecule has 1 fully saturated rings. The van der Waals surface area contributed by atoms with Crippen molar-refractivity contribution in [1.82, 2.24) is 9.97 Å². The van der Waals surface area contributed by atoms with Gasteiger partial charge in [0.1, 0.15) is 5.75 Å². The van der Waals surface area contributed by atoms with Crippen LogP contribution >= 0.6 is 0 Å². The zero-order valence-corrected chi connectivity index (χ0v) is 11.8. The molecule has 0 radical (unpaired) electrons. The van der Waals surface area contributed by atoms with Crippen molar-refractivity contribution in [1.29, 1.82) is 0 Å². The molecule has 1 aliphatic carbocycles. The highest BCUT2D eigenvalue weighted by molar-refractivity contribution is 6.03. The van der Waals surface area contributed by atoms with Gasteiger partial charge in [0.25, 0.3) is 0 Å². The summed E-state index contributed by atoms with van der Waals surface area (Å²) in [5.41, 5.74) is 2.90. The summed E-state index contributed by atoms with van der Waals surface area (Å²) in [4.78, 5) is 7.06. The van der Waals surface area contributed by atoms with Gasteiger partial charge in [0.15, 0.2) is 0 Å². The summed E-state index contributed by atoms with van der Waals surface area (Å²) in [5.74, 6) is 1.27. The average molecular weight is 285 g/mol. The predicted molar refractivity (Wildman–Crippen MR) is 79.9 cm³/mol. The number of imidazole rings is 1.